The van der Waals surface area contributed by atoms with E-state index in [-0.39, 0.29) is 11.8 Å². The van der Waals surface area contributed by atoms with E-state index in [4.69, 9.17) is 34.8 Å². The Balaban J connectivity index is 1.65. The van der Waals surface area contributed by atoms with Crippen molar-refractivity contribution in [2.24, 2.45) is 5.92 Å². The van der Waals surface area contributed by atoms with Gasteiger partial charge in [0.15, 0.2) is 0 Å². The summed E-state index contributed by atoms with van der Waals surface area (Å²) in [5, 5.41) is 5.04. The van der Waals surface area contributed by atoms with Crippen molar-refractivity contribution in [1.82, 2.24) is 4.90 Å². The SMILES string of the molecule is Cc1cc(Cl)ccc1NC(=O)C1CCCN(Cc2c(Cl)cccc2Cl)C1. The first-order chi connectivity index (χ1) is 12.4. The fraction of sp³-hybridized carbons (Fsp3) is 0.350. The Hall–Kier alpha value is -1.26. The molecule has 1 N–H and O–H groups in total. The smallest absolute Gasteiger partial charge is 0.228 e. The van der Waals surface area contributed by atoms with Crippen molar-refractivity contribution in [3.63, 3.8) is 0 Å². The number of hydrogen-bond donors (Lipinski definition) is 1. The molecule has 26 heavy (non-hydrogen) atoms. The quantitative estimate of drug-likeness (QED) is 0.689. The lowest BCUT2D eigenvalue weighted by Gasteiger charge is -2.32. The molecular formula is C20H21Cl3N2O. The molecule has 3 rings (SSSR count). The summed E-state index contributed by atoms with van der Waals surface area (Å²) in [4.78, 5) is 15.0. The number of halogens is 3. The fourth-order valence-corrected chi connectivity index (χ4v) is 4.07. The number of rotatable bonds is 4. The summed E-state index contributed by atoms with van der Waals surface area (Å²) in [6.07, 6.45) is 1.85. The maximum absolute atomic E-state index is 12.7. The topological polar surface area (TPSA) is 32.3 Å². The van der Waals surface area contributed by atoms with E-state index in [0.29, 0.717) is 28.2 Å². The Bertz CT molecular complexity index is 789. The second kappa shape index (κ2) is 8.62. The number of carbonyl (C=O) groups excluding carboxylic acids is 1. The zero-order valence-electron chi connectivity index (χ0n) is 14.6. The molecule has 1 atom stereocenters. The van der Waals surface area contributed by atoms with Gasteiger partial charge in [-0.15, -0.1) is 0 Å². The highest BCUT2D eigenvalue weighted by molar-refractivity contribution is 6.36. The number of amides is 1. The van der Waals surface area contributed by atoms with Crippen molar-refractivity contribution in [3.8, 4) is 0 Å². The van der Waals surface area contributed by atoms with Gasteiger partial charge in [-0.3, -0.25) is 9.69 Å². The van der Waals surface area contributed by atoms with Crippen molar-refractivity contribution in [3.05, 3.63) is 62.6 Å². The number of anilines is 1. The van der Waals surface area contributed by atoms with Crippen LogP contribution < -0.4 is 5.32 Å². The minimum atomic E-state index is -0.0555. The first-order valence-electron chi connectivity index (χ1n) is 8.66. The molecule has 1 aliphatic heterocycles. The van der Waals surface area contributed by atoms with Crippen LogP contribution in [0, 0.1) is 12.8 Å². The van der Waals surface area contributed by atoms with Gasteiger partial charge in [0.1, 0.15) is 0 Å². The minimum absolute atomic E-state index is 0.0466. The van der Waals surface area contributed by atoms with Crippen LogP contribution in [0.3, 0.4) is 0 Å². The van der Waals surface area contributed by atoms with Crippen LogP contribution in [0.1, 0.15) is 24.0 Å². The van der Waals surface area contributed by atoms with E-state index in [1.807, 2.05) is 37.3 Å². The molecule has 1 heterocycles. The molecule has 3 nitrogen and oxygen atoms in total. The average molecular weight is 412 g/mol. The average Bonchev–Trinajstić information content (AvgIpc) is 2.61. The van der Waals surface area contributed by atoms with E-state index in [2.05, 4.69) is 10.2 Å². The molecule has 2 aromatic carbocycles. The lowest BCUT2D eigenvalue weighted by atomic mass is 9.96. The second-order valence-electron chi connectivity index (χ2n) is 6.72. The first-order valence-corrected chi connectivity index (χ1v) is 9.79. The predicted molar refractivity (Wildman–Crippen MR) is 109 cm³/mol. The van der Waals surface area contributed by atoms with E-state index < -0.39 is 0 Å². The zero-order chi connectivity index (χ0) is 18.7. The first kappa shape index (κ1) is 19.5. The molecule has 6 heteroatoms. The van der Waals surface area contributed by atoms with E-state index in [1.165, 1.54) is 0 Å². The Kier molecular flexibility index (Phi) is 6.46. The van der Waals surface area contributed by atoms with Crippen molar-refractivity contribution >= 4 is 46.4 Å². The van der Waals surface area contributed by atoms with Gasteiger partial charge in [-0.25, -0.2) is 0 Å². The highest BCUT2D eigenvalue weighted by atomic mass is 35.5. The number of benzene rings is 2. The third-order valence-electron chi connectivity index (χ3n) is 4.77. The second-order valence-corrected chi connectivity index (χ2v) is 7.97. The van der Waals surface area contributed by atoms with Gasteiger partial charge in [0.25, 0.3) is 0 Å². The summed E-state index contributed by atoms with van der Waals surface area (Å²) < 4.78 is 0. The van der Waals surface area contributed by atoms with E-state index in [9.17, 15) is 4.79 Å². The third-order valence-corrected chi connectivity index (χ3v) is 5.71. The largest absolute Gasteiger partial charge is 0.326 e. The maximum atomic E-state index is 12.7. The van der Waals surface area contributed by atoms with Gasteiger partial charge in [-0.05, 0) is 62.2 Å². The van der Waals surface area contributed by atoms with Gasteiger partial charge in [-0.2, -0.15) is 0 Å². The third kappa shape index (κ3) is 4.72. The lowest BCUT2D eigenvalue weighted by Crippen LogP contribution is -2.40. The number of nitrogens with one attached hydrogen (secondary N) is 1. The summed E-state index contributed by atoms with van der Waals surface area (Å²) in [6, 6.07) is 11.0. The van der Waals surface area contributed by atoms with E-state index in [0.717, 1.165) is 36.2 Å². The molecule has 0 bridgehead atoms. The molecule has 1 aliphatic rings. The summed E-state index contributed by atoms with van der Waals surface area (Å²) in [7, 11) is 0. The van der Waals surface area contributed by atoms with Crippen LogP contribution in [0.15, 0.2) is 36.4 Å². The molecule has 138 valence electrons. The van der Waals surface area contributed by atoms with Gasteiger partial charge < -0.3 is 5.32 Å². The lowest BCUT2D eigenvalue weighted by molar-refractivity contribution is -0.121. The molecule has 1 saturated heterocycles. The maximum Gasteiger partial charge on any atom is 0.228 e. The molecule has 1 amide bonds. The zero-order valence-corrected chi connectivity index (χ0v) is 16.8. The van der Waals surface area contributed by atoms with Crippen LogP contribution in [0.4, 0.5) is 5.69 Å². The molecule has 1 fully saturated rings. The number of carbonyl (C=O) groups is 1. The number of piperidine rings is 1. The van der Waals surface area contributed by atoms with Crippen molar-refractivity contribution in [1.29, 1.82) is 0 Å². The number of likely N-dealkylation sites (tertiary alicyclic amines) is 1. The minimum Gasteiger partial charge on any atom is -0.326 e. The fourth-order valence-electron chi connectivity index (χ4n) is 3.32. The normalized spacial score (nSPS) is 17.9. The van der Waals surface area contributed by atoms with Crippen LogP contribution in [0.5, 0.6) is 0 Å². The van der Waals surface area contributed by atoms with Crippen molar-refractivity contribution in [2.75, 3.05) is 18.4 Å². The Morgan fingerprint density at radius 3 is 2.62 bits per heavy atom. The van der Waals surface area contributed by atoms with Crippen LogP contribution in [0.2, 0.25) is 15.1 Å². The van der Waals surface area contributed by atoms with Crippen molar-refractivity contribution in [2.45, 2.75) is 26.3 Å². The van der Waals surface area contributed by atoms with Crippen LogP contribution in [0.25, 0.3) is 0 Å². The molecular weight excluding hydrogens is 391 g/mol. The molecule has 1 unspecified atom stereocenters. The molecule has 0 aromatic heterocycles. The Morgan fingerprint density at radius 1 is 1.19 bits per heavy atom. The Labute approximate surface area is 169 Å². The number of aryl methyl sites for hydroxylation is 1. The summed E-state index contributed by atoms with van der Waals surface area (Å²) in [6.45, 7) is 4.22. The molecule has 0 spiro atoms. The highest BCUT2D eigenvalue weighted by Gasteiger charge is 2.26. The summed E-state index contributed by atoms with van der Waals surface area (Å²) in [5.41, 5.74) is 2.69. The summed E-state index contributed by atoms with van der Waals surface area (Å²) >= 11 is 18.6. The molecule has 0 radical (unpaired) electrons. The molecule has 0 saturated carbocycles. The van der Waals surface area contributed by atoms with E-state index >= 15 is 0 Å². The van der Waals surface area contributed by atoms with Gasteiger partial charge in [-0.1, -0.05) is 40.9 Å². The Morgan fingerprint density at radius 2 is 1.92 bits per heavy atom. The number of nitrogens with zero attached hydrogens (tertiary/aromatic N) is 1. The van der Waals surface area contributed by atoms with E-state index in [1.54, 1.807) is 6.07 Å². The van der Waals surface area contributed by atoms with Crippen LogP contribution >= 0.6 is 34.8 Å². The molecule has 0 aliphatic carbocycles. The summed E-state index contributed by atoms with van der Waals surface area (Å²) in [5.74, 6) is -0.00882. The van der Waals surface area contributed by atoms with Crippen molar-refractivity contribution < 1.29 is 4.79 Å². The van der Waals surface area contributed by atoms with Gasteiger partial charge in [0, 0.05) is 39.4 Å². The van der Waals surface area contributed by atoms with Crippen LogP contribution in [-0.2, 0) is 11.3 Å². The molecule has 2 aromatic rings. The predicted octanol–water partition coefficient (Wildman–Crippen LogP) is 5.81. The van der Waals surface area contributed by atoms with Crippen LogP contribution in [-0.4, -0.2) is 23.9 Å². The highest BCUT2D eigenvalue weighted by Crippen LogP contribution is 2.28. The van der Waals surface area contributed by atoms with Gasteiger partial charge in [0.05, 0.1) is 5.92 Å². The standard InChI is InChI=1S/C20H21Cl3N2O/c1-13-10-15(21)7-8-19(13)24-20(26)14-4-3-9-25(11-14)12-16-17(22)5-2-6-18(16)23/h2,5-8,10,14H,3-4,9,11-12H2,1H3,(H,24,26). The van der Waals surface area contributed by atoms with Gasteiger partial charge >= 0.3 is 0 Å². The number of hydrogen-bond acceptors (Lipinski definition) is 2. The monoisotopic (exact) mass is 410 g/mol. The van der Waals surface area contributed by atoms with Gasteiger partial charge in [0.2, 0.25) is 5.91 Å².